The van der Waals surface area contributed by atoms with Crippen LogP contribution in [0.5, 0.6) is 0 Å². The second-order valence-electron chi connectivity index (χ2n) is 4.87. The molecule has 0 spiro atoms. The van der Waals surface area contributed by atoms with Crippen LogP contribution in [0, 0.1) is 11.6 Å². The van der Waals surface area contributed by atoms with Gasteiger partial charge in [-0.25, -0.2) is 8.78 Å². The van der Waals surface area contributed by atoms with Crippen molar-refractivity contribution < 1.29 is 13.6 Å². The van der Waals surface area contributed by atoms with Crippen molar-refractivity contribution in [3.8, 4) is 0 Å². The minimum absolute atomic E-state index is 0. The highest BCUT2D eigenvalue weighted by atomic mass is 35.5. The second kappa shape index (κ2) is 8.17. The lowest BCUT2D eigenvalue weighted by Gasteiger charge is -2.25. The Morgan fingerprint density at radius 1 is 1.30 bits per heavy atom. The molecule has 0 aliphatic rings. The van der Waals surface area contributed by atoms with Gasteiger partial charge in [0.1, 0.15) is 0 Å². The number of carbonyl (C=O) groups excluding carboxylic acids is 1. The summed E-state index contributed by atoms with van der Waals surface area (Å²) in [7, 11) is 1.65. The van der Waals surface area contributed by atoms with Gasteiger partial charge in [-0.3, -0.25) is 4.79 Å². The molecule has 3 nitrogen and oxygen atoms in total. The molecule has 1 rings (SSSR count). The molecule has 0 radical (unpaired) electrons. The van der Waals surface area contributed by atoms with Crippen molar-refractivity contribution >= 4 is 18.3 Å². The molecule has 0 aromatic heterocycles. The fourth-order valence-electron chi connectivity index (χ4n) is 1.74. The summed E-state index contributed by atoms with van der Waals surface area (Å²) in [5, 5.41) is 0. The lowest BCUT2D eigenvalue weighted by Crippen LogP contribution is -2.30. The van der Waals surface area contributed by atoms with E-state index in [2.05, 4.69) is 0 Å². The predicted molar refractivity (Wildman–Crippen MR) is 77.7 cm³/mol. The van der Waals surface area contributed by atoms with Gasteiger partial charge in [-0.2, -0.15) is 0 Å². The molecule has 0 fully saturated rings. The maximum atomic E-state index is 13.2. The van der Waals surface area contributed by atoms with Crippen LogP contribution in [0.4, 0.5) is 8.78 Å². The monoisotopic (exact) mass is 306 g/mol. The lowest BCUT2D eigenvalue weighted by molar-refractivity contribution is -0.132. The van der Waals surface area contributed by atoms with E-state index in [4.69, 9.17) is 5.73 Å². The molecule has 2 atom stereocenters. The first-order valence-corrected chi connectivity index (χ1v) is 6.29. The van der Waals surface area contributed by atoms with E-state index in [0.717, 1.165) is 12.1 Å². The number of amides is 1. The number of benzene rings is 1. The van der Waals surface area contributed by atoms with Crippen LogP contribution in [0.15, 0.2) is 18.2 Å². The Kier molecular flexibility index (Phi) is 7.68. The van der Waals surface area contributed by atoms with E-state index >= 15 is 0 Å². The molecule has 2 N–H and O–H groups in total. The Morgan fingerprint density at radius 2 is 1.90 bits per heavy atom. The zero-order chi connectivity index (χ0) is 14.6. The molecule has 20 heavy (non-hydrogen) atoms. The third kappa shape index (κ3) is 5.06. The largest absolute Gasteiger partial charge is 0.339 e. The lowest BCUT2D eigenvalue weighted by atomic mass is 10.1. The molecule has 1 amide bonds. The molecule has 0 saturated heterocycles. The van der Waals surface area contributed by atoms with Crippen molar-refractivity contribution in [1.82, 2.24) is 4.90 Å². The molecule has 2 unspecified atom stereocenters. The highest BCUT2D eigenvalue weighted by Gasteiger charge is 2.18. The van der Waals surface area contributed by atoms with E-state index in [9.17, 15) is 13.6 Å². The highest BCUT2D eigenvalue weighted by molar-refractivity contribution is 5.85. The van der Waals surface area contributed by atoms with Crippen molar-refractivity contribution in [2.45, 2.75) is 38.8 Å². The summed E-state index contributed by atoms with van der Waals surface area (Å²) in [5.74, 6) is -1.85. The summed E-state index contributed by atoms with van der Waals surface area (Å²) < 4.78 is 26.0. The Hall–Kier alpha value is -1.20. The fourth-order valence-corrected chi connectivity index (χ4v) is 1.74. The number of hydrogen-bond acceptors (Lipinski definition) is 2. The molecule has 0 aliphatic heterocycles. The Balaban J connectivity index is 0.00000361. The summed E-state index contributed by atoms with van der Waals surface area (Å²) in [6, 6.07) is 3.33. The van der Waals surface area contributed by atoms with Gasteiger partial charge in [0.15, 0.2) is 11.6 Å². The Labute approximate surface area is 124 Å². The minimum Gasteiger partial charge on any atom is -0.339 e. The van der Waals surface area contributed by atoms with Crippen molar-refractivity contribution in [2.24, 2.45) is 5.73 Å². The average Bonchev–Trinajstić information content (AvgIpc) is 2.37. The van der Waals surface area contributed by atoms with Gasteiger partial charge in [-0.15, -0.1) is 12.4 Å². The van der Waals surface area contributed by atoms with E-state index in [1.807, 2.05) is 6.92 Å². The number of carbonyl (C=O) groups is 1. The summed E-state index contributed by atoms with van der Waals surface area (Å²) in [4.78, 5) is 13.4. The molecule has 0 heterocycles. The molecule has 1 aromatic rings. The van der Waals surface area contributed by atoms with Gasteiger partial charge in [-0.1, -0.05) is 6.07 Å². The van der Waals surface area contributed by atoms with E-state index in [1.54, 1.807) is 14.0 Å². The molecule has 114 valence electrons. The van der Waals surface area contributed by atoms with Gasteiger partial charge >= 0.3 is 0 Å². The smallest absolute Gasteiger partial charge is 0.222 e. The topological polar surface area (TPSA) is 46.3 Å². The van der Waals surface area contributed by atoms with Crippen LogP contribution in [-0.2, 0) is 4.79 Å². The molecule has 6 heteroatoms. The Bertz CT molecular complexity index is 455. The first kappa shape index (κ1) is 18.8. The number of hydrogen-bond donors (Lipinski definition) is 1. The molecular formula is C14H21ClF2N2O. The maximum absolute atomic E-state index is 13.2. The van der Waals surface area contributed by atoms with Crippen molar-refractivity contribution in [3.05, 3.63) is 35.4 Å². The van der Waals surface area contributed by atoms with E-state index in [-0.39, 0.29) is 30.4 Å². The Morgan fingerprint density at radius 3 is 2.40 bits per heavy atom. The number of nitrogens with zero attached hydrogens (tertiary/aromatic N) is 1. The van der Waals surface area contributed by atoms with Crippen LogP contribution < -0.4 is 5.73 Å². The van der Waals surface area contributed by atoms with Crippen LogP contribution in [0.2, 0.25) is 0 Å². The van der Waals surface area contributed by atoms with Gasteiger partial charge in [0.25, 0.3) is 0 Å². The van der Waals surface area contributed by atoms with Gasteiger partial charge in [0.2, 0.25) is 5.91 Å². The molecule has 1 aromatic carbocycles. The first-order chi connectivity index (χ1) is 8.82. The van der Waals surface area contributed by atoms with E-state index in [0.29, 0.717) is 18.4 Å². The fraction of sp³-hybridized carbons (Fsp3) is 0.500. The molecule has 0 saturated carbocycles. The number of halogens is 3. The first-order valence-electron chi connectivity index (χ1n) is 6.29. The summed E-state index contributed by atoms with van der Waals surface area (Å²) >= 11 is 0. The van der Waals surface area contributed by atoms with E-state index < -0.39 is 11.6 Å². The van der Waals surface area contributed by atoms with Crippen LogP contribution in [0.1, 0.15) is 38.3 Å². The van der Waals surface area contributed by atoms with Crippen molar-refractivity contribution in [1.29, 1.82) is 0 Å². The SMILES string of the molecule is CC(N)CCC(=O)N(C)C(C)c1ccc(F)c(F)c1.Cl. The standard InChI is InChI=1S/C14H20F2N2O.ClH/c1-9(17)4-7-14(19)18(3)10(2)11-5-6-12(15)13(16)8-11;/h5-6,8-10H,4,7,17H2,1-3H3;1H. The third-order valence-electron chi connectivity index (χ3n) is 3.21. The van der Waals surface area contributed by atoms with Crippen molar-refractivity contribution in [2.75, 3.05) is 7.05 Å². The van der Waals surface area contributed by atoms with Crippen LogP contribution >= 0.6 is 12.4 Å². The van der Waals surface area contributed by atoms with Gasteiger partial charge in [0.05, 0.1) is 6.04 Å². The number of rotatable bonds is 5. The van der Waals surface area contributed by atoms with Crippen LogP contribution in [0.3, 0.4) is 0 Å². The maximum Gasteiger partial charge on any atom is 0.222 e. The highest BCUT2D eigenvalue weighted by Crippen LogP contribution is 2.21. The predicted octanol–water partition coefficient (Wildman–Crippen LogP) is 3.03. The molecular weight excluding hydrogens is 286 g/mol. The zero-order valence-electron chi connectivity index (χ0n) is 11.9. The average molecular weight is 307 g/mol. The second-order valence-corrected chi connectivity index (χ2v) is 4.87. The molecule has 0 bridgehead atoms. The minimum atomic E-state index is -0.902. The summed E-state index contributed by atoms with van der Waals surface area (Å²) in [5.41, 5.74) is 6.17. The van der Waals surface area contributed by atoms with Crippen LogP contribution in [0.25, 0.3) is 0 Å². The quantitative estimate of drug-likeness (QED) is 0.909. The van der Waals surface area contributed by atoms with Crippen LogP contribution in [-0.4, -0.2) is 23.9 Å². The zero-order valence-corrected chi connectivity index (χ0v) is 12.7. The third-order valence-corrected chi connectivity index (χ3v) is 3.21. The van der Waals surface area contributed by atoms with Gasteiger partial charge in [0, 0.05) is 19.5 Å². The molecule has 0 aliphatic carbocycles. The van der Waals surface area contributed by atoms with Gasteiger partial charge < -0.3 is 10.6 Å². The number of nitrogens with two attached hydrogens (primary N) is 1. The normalized spacial score (nSPS) is 13.3. The van der Waals surface area contributed by atoms with Crippen molar-refractivity contribution in [3.63, 3.8) is 0 Å². The summed E-state index contributed by atoms with van der Waals surface area (Å²) in [6.07, 6.45) is 0.954. The summed E-state index contributed by atoms with van der Waals surface area (Å²) in [6.45, 7) is 3.61. The van der Waals surface area contributed by atoms with E-state index in [1.165, 1.54) is 11.0 Å². The van der Waals surface area contributed by atoms with Gasteiger partial charge in [-0.05, 0) is 38.0 Å².